The van der Waals surface area contributed by atoms with Crippen molar-refractivity contribution in [3.8, 4) is 11.5 Å². The lowest BCUT2D eigenvalue weighted by Gasteiger charge is -2.08. The first-order valence-electron chi connectivity index (χ1n) is 3.63. The monoisotopic (exact) mass is 180 g/mol. The number of para-hydroxylation sites is 2. The van der Waals surface area contributed by atoms with E-state index in [1.807, 2.05) is 24.3 Å². The topological polar surface area (TPSA) is 27.7 Å². The fraction of sp³-hybridized carbons (Fsp3) is 0.333. The van der Waals surface area contributed by atoms with Crippen LogP contribution in [0.3, 0.4) is 0 Å². The predicted molar refractivity (Wildman–Crippen MR) is 45.5 cm³/mol. The van der Waals surface area contributed by atoms with Crippen LogP contribution in [0, 0.1) is 0 Å². The van der Waals surface area contributed by atoms with Gasteiger partial charge in [0.2, 0.25) is 0 Å². The predicted octanol–water partition coefficient (Wildman–Crippen LogP) is 1.68. The third-order valence-electron chi connectivity index (χ3n) is 1.40. The van der Waals surface area contributed by atoms with Gasteiger partial charge in [0.05, 0.1) is 7.11 Å². The summed E-state index contributed by atoms with van der Waals surface area (Å²) in [4.78, 5) is 0. The van der Waals surface area contributed by atoms with Crippen LogP contribution >= 0.6 is 0 Å². The van der Waals surface area contributed by atoms with Gasteiger partial charge in [0.1, 0.15) is 0 Å². The van der Waals surface area contributed by atoms with Crippen molar-refractivity contribution in [1.82, 2.24) is 0 Å². The molecule has 0 radical (unpaired) electrons. The molecule has 1 aromatic carbocycles. The molecule has 66 valence electrons. The van der Waals surface area contributed by atoms with Crippen LogP contribution in [0.2, 0.25) is 0 Å². The molecule has 1 aromatic rings. The molecular formula is C9H12O3. The van der Waals surface area contributed by atoms with Crippen LogP contribution in [-0.2, 0) is 4.74 Å². The number of methoxy groups -OCH3 is 2. The Balaban J connectivity index is 2.68. The first-order valence-corrected chi connectivity index (χ1v) is 3.63. The smallest absolute Gasteiger partial charge is 0.188 e. The molecular weight excluding hydrogens is 168 g/mol. The minimum Gasteiger partial charge on any atom is -0.493 e. The number of rotatable bonds is 4. The molecule has 0 amide bonds. The molecule has 0 saturated carbocycles. The van der Waals surface area contributed by atoms with Gasteiger partial charge in [-0.15, -0.1) is 0 Å². The average Bonchev–Trinajstić information content (AvgIpc) is 2.15. The van der Waals surface area contributed by atoms with E-state index in [1.54, 1.807) is 14.2 Å². The van der Waals surface area contributed by atoms with E-state index >= 15 is 0 Å². The highest BCUT2D eigenvalue weighted by molar-refractivity contribution is 5.39. The highest BCUT2D eigenvalue weighted by atomic mass is 16.8. The maximum atomic E-state index is 5.23. The number of ether oxygens (including phenoxy) is 3. The molecule has 3 nitrogen and oxygen atoms in total. The number of hydrogen-bond donors (Lipinski definition) is 0. The van der Waals surface area contributed by atoms with Gasteiger partial charge in [-0.1, -0.05) is 12.1 Å². The van der Waals surface area contributed by atoms with E-state index in [-0.39, 0.29) is 6.79 Å². The Bertz CT molecular complexity index is 235. The van der Waals surface area contributed by atoms with Crippen LogP contribution in [0.5, 0.6) is 11.5 Å². The van der Waals surface area contributed by atoms with Crippen LogP contribution in [-0.4, -0.2) is 21.0 Å². The fourth-order valence-electron chi connectivity index (χ4n) is 0.860. The number of hydrogen-bond acceptors (Lipinski definition) is 3. The van der Waals surface area contributed by atoms with Crippen molar-refractivity contribution < 1.29 is 14.2 Å². The van der Waals surface area contributed by atoms with E-state index in [9.17, 15) is 0 Å². The van der Waals surface area contributed by atoms with Crippen molar-refractivity contribution in [2.45, 2.75) is 0 Å². The van der Waals surface area contributed by atoms with Crippen molar-refractivity contribution in [2.24, 2.45) is 0 Å². The lowest BCUT2D eigenvalue weighted by molar-refractivity contribution is 0.0491. The van der Waals surface area contributed by atoms with E-state index in [2.05, 4.69) is 0 Å². The summed E-state index contributed by atoms with van der Waals surface area (Å²) in [6, 6.07) is 7.44. The van der Waals surface area contributed by atoms with Crippen LogP contribution in [0.1, 0.15) is 0 Å². The van der Waals surface area contributed by atoms with Crippen molar-refractivity contribution in [3.63, 3.8) is 0 Å². The summed E-state index contributed by atoms with van der Waals surface area (Å²) >= 11 is 0. The van der Waals surface area contributed by atoms with Gasteiger partial charge in [0, 0.05) is 7.11 Å². The molecule has 0 aliphatic heterocycles. The minimum absolute atomic E-state index is 0.236. The molecule has 0 atom stereocenters. The lowest BCUT2D eigenvalue weighted by atomic mass is 11.4. The zero-order valence-electron chi connectivity index (χ0n) is 7.24. The van der Waals surface area contributed by atoms with Crippen molar-refractivity contribution in [2.75, 3.05) is 21.0 Å². The van der Waals surface area contributed by atoms with Gasteiger partial charge in [-0.3, -0.25) is 0 Å². The molecule has 0 N–H and O–H groups in total. The zero-order chi connectivity index (χ0) is 8.81. The third-order valence-corrected chi connectivity index (χ3v) is 1.40. The highest BCUT2D eigenvalue weighted by Crippen LogP contribution is 2.25. The first kappa shape index (κ1) is 8.87. The second-order valence-corrected chi connectivity index (χ2v) is 2.20. The quantitative estimate of drug-likeness (QED) is 0.660. The maximum Gasteiger partial charge on any atom is 0.188 e. The third kappa shape index (κ3) is 2.13. The molecule has 0 heterocycles. The van der Waals surface area contributed by atoms with Gasteiger partial charge in [0.15, 0.2) is 18.3 Å². The summed E-state index contributed by atoms with van der Waals surface area (Å²) in [6.45, 7) is 0.236. The molecule has 0 unspecified atom stereocenters. The van der Waals surface area contributed by atoms with Gasteiger partial charge < -0.3 is 14.2 Å². The average molecular weight is 180 g/mol. The molecule has 3 heteroatoms. The Morgan fingerprint density at radius 3 is 2.33 bits per heavy atom. The number of benzene rings is 1. The Hall–Kier alpha value is -1.22. The Labute approximate surface area is 71.9 Å². The highest BCUT2D eigenvalue weighted by Gasteiger charge is 2.00. The molecule has 1 rings (SSSR count). The van der Waals surface area contributed by atoms with E-state index in [0.717, 1.165) is 5.75 Å². The summed E-state index contributed by atoms with van der Waals surface area (Å²) in [5.41, 5.74) is 0. The van der Waals surface area contributed by atoms with Gasteiger partial charge in [-0.2, -0.15) is 0 Å². The van der Waals surface area contributed by atoms with Crippen LogP contribution < -0.4 is 9.47 Å². The van der Waals surface area contributed by atoms with Crippen molar-refractivity contribution >= 4 is 0 Å². The van der Waals surface area contributed by atoms with Crippen LogP contribution in [0.25, 0.3) is 0 Å². The van der Waals surface area contributed by atoms with Crippen LogP contribution in [0.4, 0.5) is 0 Å². The van der Waals surface area contributed by atoms with Crippen molar-refractivity contribution in [3.05, 3.63) is 24.3 Å². The lowest BCUT2D eigenvalue weighted by Crippen LogP contribution is -2.00. The van der Waals surface area contributed by atoms with E-state index < -0.39 is 0 Å². The molecule has 0 spiro atoms. The molecule has 0 bridgehead atoms. The Morgan fingerprint density at radius 2 is 1.75 bits per heavy atom. The van der Waals surface area contributed by atoms with Gasteiger partial charge in [-0.25, -0.2) is 0 Å². The van der Waals surface area contributed by atoms with E-state index in [0.29, 0.717) is 5.75 Å². The summed E-state index contributed by atoms with van der Waals surface area (Å²) in [5, 5.41) is 0. The normalized spacial score (nSPS) is 9.50. The molecule has 0 aliphatic rings. The summed E-state index contributed by atoms with van der Waals surface area (Å²) in [6.07, 6.45) is 0. The summed E-state index contributed by atoms with van der Waals surface area (Å²) in [7, 11) is 3.18. The fourth-order valence-corrected chi connectivity index (χ4v) is 0.860. The first-order chi connectivity index (χ1) is 5.88. The molecule has 12 heavy (non-hydrogen) atoms. The molecule has 0 fully saturated rings. The Morgan fingerprint density at radius 1 is 1.08 bits per heavy atom. The SMILES string of the molecule is COCO[14c]1[14cH][14cH][14cH][14cH][14c]1OC. The van der Waals surface area contributed by atoms with Gasteiger partial charge in [0.25, 0.3) is 0 Å². The standard InChI is InChI=1S/C9H12O3/c1-10-7-12-9-6-4-3-5-8(9)11-2/h3-6H,7H2,1-2H3/i3+2,4+2,5+2,6+2,8+2,9+2. The maximum absolute atomic E-state index is 5.23. The zero-order valence-corrected chi connectivity index (χ0v) is 7.24. The van der Waals surface area contributed by atoms with Crippen molar-refractivity contribution in [1.29, 1.82) is 0 Å². The second-order valence-electron chi connectivity index (χ2n) is 2.20. The second kappa shape index (κ2) is 4.62. The van der Waals surface area contributed by atoms with Gasteiger partial charge >= 0.3 is 0 Å². The molecule has 0 aromatic heterocycles. The summed E-state index contributed by atoms with van der Waals surface area (Å²) < 4.78 is 15.1. The van der Waals surface area contributed by atoms with Gasteiger partial charge in [-0.05, 0) is 12.1 Å². The largest absolute Gasteiger partial charge is 0.493 e. The summed E-state index contributed by atoms with van der Waals surface area (Å²) in [5.74, 6) is 1.41. The van der Waals surface area contributed by atoms with E-state index in [4.69, 9.17) is 14.2 Å². The minimum atomic E-state index is 0.236. The van der Waals surface area contributed by atoms with E-state index in [1.165, 1.54) is 0 Å². The molecule has 0 saturated heterocycles. The van der Waals surface area contributed by atoms with Crippen LogP contribution in [0.15, 0.2) is 24.3 Å². The Kier molecular flexibility index (Phi) is 3.41. The molecule has 0 aliphatic carbocycles.